The van der Waals surface area contributed by atoms with Crippen LogP contribution in [0.15, 0.2) is 24.3 Å². The molecule has 0 heterocycles. The van der Waals surface area contributed by atoms with Gasteiger partial charge in [0, 0.05) is 18.8 Å². The molecule has 1 amide bonds. The van der Waals surface area contributed by atoms with Crippen LogP contribution in [0.3, 0.4) is 0 Å². The number of anilines is 1. The molecule has 0 aromatic heterocycles. The molecule has 0 fully saturated rings. The zero-order valence-corrected chi connectivity index (χ0v) is 9.77. The third-order valence-corrected chi connectivity index (χ3v) is 2.29. The zero-order chi connectivity index (χ0) is 12.0. The molecule has 0 aliphatic heterocycles. The number of rotatable bonds is 4. The summed E-state index contributed by atoms with van der Waals surface area (Å²) < 4.78 is 4.97. The molecule has 0 bridgehead atoms. The molecule has 4 nitrogen and oxygen atoms in total. The number of hydrogen-bond acceptors (Lipinski definition) is 3. The van der Waals surface area contributed by atoms with Crippen LogP contribution in [0.4, 0.5) is 10.5 Å². The molecule has 1 aromatic carbocycles. The third kappa shape index (κ3) is 2.97. The lowest BCUT2D eigenvalue weighted by molar-refractivity contribution is 0.160. The first-order valence-corrected chi connectivity index (χ1v) is 5.46. The first-order valence-electron chi connectivity index (χ1n) is 5.46. The van der Waals surface area contributed by atoms with Crippen molar-refractivity contribution >= 4 is 11.8 Å². The van der Waals surface area contributed by atoms with Crippen LogP contribution in [-0.2, 0) is 11.3 Å². The summed E-state index contributed by atoms with van der Waals surface area (Å²) in [6.07, 6.45) is -0.314. The van der Waals surface area contributed by atoms with Crippen molar-refractivity contribution < 1.29 is 9.53 Å². The molecule has 4 heteroatoms. The first kappa shape index (κ1) is 12.5. The van der Waals surface area contributed by atoms with E-state index in [1.165, 1.54) is 0 Å². The number of nitrogens with two attached hydrogens (primary N) is 1. The highest BCUT2D eigenvalue weighted by Crippen LogP contribution is 2.16. The minimum absolute atomic E-state index is 0.314. The Balaban J connectivity index is 2.82. The standard InChI is InChI=1S/C12H18N2O2/c1-3-14(12(15)16-4-2)11-7-5-10(9-13)6-8-11/h5-8H,3-4,9,13H2,1-2H3. The summed E-state index contributed by atoms with van der Waals surface area (Å²) in [6, 6.07) is 7.58. The summed E-state index contributed by atoms with van der Waals surface area (Å²) in [7, 11) is 0. The van der Waals surface area contributed by atoms with Gasteiger partial charge in [-0.15, -0.1) is 0 Å². The largest absolute Gasteiger partial charge is 0.449 e. The van der Waals surface area contributed by atoms with E-state index in [1.807, 2.05) is 31.2 Å². The van der Waals surface area contributed by atoms with Crippen molar-refractivity contribution in [2.45, 2.75) is 20.4 Å². The average Bonchev–Trinajstić information content (AvgIpc) is 2.31. The lowest BCUT2D eigenvalue weighted by Crippen LogP contribution is -2.31. The fourth-order valence-corrected chi connectivity index (χ4v) is 1.43. The molecule has 88 valence electrons. The molecule has 0 aliphatic carbocycles. The highest BCUT2D eigenvalue weighted by Gasteiger charge is 2.13. The van der Waals surface area contributed by atoms with E-state index in [0.29, 0.717) is 19.7 Å². The van der Waals surface area contributed by atoms with Crippen molar-refractivity contribution in [1.82, 2.24) is 0 Å². The Hall–Kier alpha value is -1.55. The molecule has 0 saturated carbocycles. The van der Waals surface area contributed by atoms with E-state index in [0.717, 1.165) is 11.3 Å². The van der Waals surface area contributed by atoms with Gasteiger partial charge in [0.05, 0.1) is 6.61 Å². The van der Waals surface area contributed by atoms with Crippen LogP contribution >= 0.6 is 0 Å². The molecule has 1 aromatic rings. The summed E-state index contributed by atoms with van der Waals surface area (Å²) in [5.41, 5.74) is 7.39. The van der Waals surface area contributed by atoms with Gasteiger partial charge in [0.1, 0.15) is 0 Å². The van der Waals surface area contributed by atoms with Crippen molar-refractivity contribution in [3.63, 3.8) is 0 Å². The van der Waals surface area contributed by atoms with Gasteiger partial charge < -0.3 is 10.5 Å². The predicted molar refractivity (Wildman–Crippen MR) is 64.4 cm³/mol. The molecule has 0 aliphatic rings. The minimum atomic E-state index is -0.314. The van der Waals surface area contributed by atoms with E-state index >= 15 is 0 Å². The fourth-order valence-electron chi connectivity index (χ4n) is 1.43. The van der Waals surface area contributed by atoms with Crippen molar-refractivity contribution in [2.24, 2.45) is 5.73 Å². The van der Waals surface area contributed by atoms with E-state index < -0.39 is 0 Å². The lowest BCUT2D eigenvalue weighted by Gasteiger charge is -2.20. The van der Waals surface area contributed by atoms with Crippen molar-refractivity contribution in [1.29, 1.82) is 0 Å². The van der Waals surface area contributed by atoms with Gasteiger partial charge in [-0.3, -0.25) is 4.90 Å². The molecule has 0 spiro atoms. The Morgan fingerprint density at radius 3 is 2.38 bits per heavy atom. The van der Waals surface area contributed by atoms with Gasteiger partial charge in [-0.25, -0.2) is 4.79 Å². The molecule has 0 atom stereocenters. The Morgan fingerprint density at radius 1 is 1.31 bits per heavy atom. The number of hydrogen-bond donors (Lipinski definition) is 1. The number of benzene rings is 1. The zero-order valence-electron chi connectivity index (χ0n) is 9.77. The quantitative estimate of drug-likeness (QED) is 0.849. The summed E-state index contributed by atoms with van der Waals surface area (Å²) in [6.45, 7) is 5.18. The highest BCUT2D eigenvalue weighted by atomic mass is 16.6. The van der Waals surface area contributed by atoms with Crippen LogP contribution < -0.4 is 10.6 Å². The summed E-state index contributed by atoms with van der Waals surface area (Å²) in [5.74, 6) is 0. The molecular formula is C12H18N2O2. The molecule has 2 N–H and O–H groups in total. The van der Waals surface area contributed by atoms with Crippen molar-refractivity contribution in [2.75, 3.05) is 18.1 Å². The number of ether oxygens (including phenoxy) is 1. The summed E-state index contributed by atoms with van der Waals surface area (Å²) >= 11 is 0. The molecule has 1 rings (SSSR count). The molecule has 0 saturated heterocycles. The Labute approximate surface area is 96.0 Å². The maximum Gasteiger partial charge on any atom is 0.414 e. The van der Waals surface area contributed by atoms with Gasteiger partial charge >= 0.3 is 6.09 Å². The van der Waals surface area contributed by atoms with Gasteiger partial charge in [-0.05, 0) is 31.5 Å². The van der Waals surface area contributed by atoms with Gasteiger partial charge in [0.25, 0.3) is 0 Å². The maximum atomic E-state index is 11.6. The second-order valence-electron chi connectivity index (χ2n) is 3.31. The summed E-state index contributed by atoms with van der Waals surface area (Å²) in [4.78, 5) is 13.2. The second kappa shape index (κ2) is 6.12. The van der Waals surface area contributed by atoms with E-state index in [1.54, 1.807) is 11.8 Å². The van der Waals surface area contributed by atoms with Gasteiger partial charge in [0.2, 0.25) is 0 Å². The number of carbonyl (C=O) groups is 1. The third-order valence-electron chi connectivity index (χ3n) is 2.29. The van der Waals surface area contributed by atoms with Crippen molar-refractivity contribution in [3.05, 3.63) is 29.8 Å². The monoisotopic (exact) mass is 222 g/mol. The number of carbonyl (C=O) groups excluding carboxylic acids is 1. The molecule has 0 unspecified atom stereocenters. The van der Waals surface area contributed by atoms with Gasteiger partial charge in [0.15, 0.2) is 0 Å². The van der Waals surface area contributed by atoms with Crippen molar-refractivity contribution in [3.8, 4) is 0 Å². The lowest BCUT2D eigenvalue weighted by atomic mass is 10.2. The second-order valence-corrected chi connectivity index (χ2v) is 3.31. The molecular weight excluding hydrogens is 204 g/mol. The fraction of sp³-hybridized carbons (Fsp3) is 0.417. The van der Waals surface area contributed by atoms with Crippen LogP contribution in [0.2, 0.25) is 0 Å². The number of nitrogens with zero attached hydrogens (tertiary/aromatic N) is 1. The van der Waals surface area contributed by atoms with Crippen LogP contribution in [-0.4, -0.2) is 19.2 Å². The predicted octanol–water partition coefficient (Wildman–Crippen LogP) is 2.13. The Morgan fingerprint density at radius 2 is 1.94 bits per heavy atom. The normalized spacial score (nSPS) is 9.94. The average molecular weight is 222 g/mol. The van der Waals surface area contributed by atoms with Crippen LogP contribution in [0.25, 0.3) is 0 Å². The van der Waals surface area contributed by atoms with Crippen LogP contribution in [0.5, 0.6) is 0 Å². The summed E-state index contributed by atoms with van der Waals surface area (Å²) in [5, 5.41) is 0. The number of amides is 1. The Bertz CT molecular complexity index is 335. The van der Waals surface area contributed by atoms with Gasteiger partial charge in [-0.1, -0.05) is 12.1 Å². The topological polar surface area (TPSA) is 55.6 Å². The van der Waals surface area contributed by atoms with E-state index in [4.69, 9.17) is 10.5 Å². The minimum Gasteiger partial charge on any atom is -0.449 e. The highest BCUT2D eigenvalue weighted by molar-refractivity contribution is 5.87. The van der Waals surface area contributed by atoms with E-state index in [-0.39, 0.29) is 6.09 Å². The first-order chi connectivity index (χ1) is 7.72. The SMILES string of the molecule is CCOC(=O)N(CC)c1ccc(CN)cc1. The maximum absolute atomic E-state index is 11.6. The van der Waals surface area contributed by atoms with Crippen LogP contribution in [0.1, 0.15) is 19.4 Å². The molecule has 16 heavy (non-hydrogen) atoms. The van der Waals surface area contributed by atoms with E-state index in [9.17, 15) is 4.79 Å². The smallest absolute Gasteiger partial charge is 0.414 e. The van der Waals surface area contributed by atoms with E-state index in [2.05, 4.69) is 0 Å². The van der Waals surface area contributed by atoms with Gasteiger partial charge in [-0.2, -0.15) is 0 Å². The molecule has 0 radical (unpaired) electrons. The Kier molecular flexibility index (Phi) is 4.79. The van der Waals surface area contributed by atoms with Crippen LogP contribution in [0, 0.1) is 0 Å².